The molecule has 0 amide bonds. The molecule has 0 aromatic heterocycles. The molecule has 0 radical (unpaired) electrons. The van der Waals surface area contributed by atoms with Crippen LogP contribution in [0.25, 0.3) is 0 Å². The minimum Gasteiger partial charge on any atom is -0.303 e. The van der Waals surface area contributed by atoms with Crippen molar-refractivity contribution in [2.24, 2.45) is 0 Å². The van der Waals surface area contributed by atoms with Crippen LogP contribution in [0.2, 0.25) is 10.0 Å². The third-order valence-corrected chi connectivity index (χ3v) is 2.79. The molecule has 0 aliphatic rings. The molecule has 0 unspecified atom stereocenters. The van der Waals surface area contributed by atoms with Gasteiger partial charge >= 0.3 is 0 Å². The van der Waals surface area contributed by atoms with Crippen LogP contribution in [0.1, 0.15) is 6.42 Å². The molecule has 1 aromatic carbocycles. The maximum Gasteiger partial charge on any atom is 0.120 e. The summed E-state index contributed by atoms with van der Waals surface area (Å²) in [5.41, 5.74) is 0. The van der Waals surface area contributed by atoms with Crippen LogP contribution < -0.4 is 0 Å². The monoisotopic (exact) mass is 234 g/mol. The van der Waals surface area contributed by atoms with Crippen molar-refractivity contribution in [2.75, 3.05) is 5.75 Å². The lowest BCUT2D eigenvalue weighted by Gasteiger charge is -2.00. The zero-order valence-electron chi connectivity index (χ0n) is 6.80. The first-order valence-electron chi connectivity index (χ1n) is 3.75. The average Bonchev–Trinajstić information content (AvgIpc) is 2.03. The number of rotatable bonds is 4. The summed E-state index contributed by atoms with van der Waals surface area (Å²) in [5.74, 6) is 0.764. The fourth-order valence-corrected chi connectivity index (χ4v) is 2.36. The number of benzene rings is 1. The first-order valence-corrected chi connectivity index (χ1v) is 5.49. The van der Waals surface area contributed by atoms with Crippen LogP contribution in [0.3, 0.4) is 0 Å². The average molecular weight is 235 g/mol. The lowest BCUT2D eigenvalue weighted by Crippen LogP contribution is -1.80. The smallest absolute Gasteiger partial charge is 0.120 e. The third kappa shape index (κ3) is 4.03. The van der Waals surface area contributed by atoms with Gasteiger partial charge in [0.05, 0.1) is 0 Å². The molecule has 0 aliphatic carbocycles. The second-order valence-electron chi connectivity index (χ2n) is 2.41. The number of halogens is 2. The van der Waals surface area contributed by atoms with Gasteiger partial charge in [-0.3, -0.25) is 0 Å². The van der Waals surface area contributed by atoms with E-state index in [1.165, 1.54) is 0 Å². The van der Waals surface area contributed by atoms with Crippen molar-refractivity contribution in [3.8, 4) is 0 Å². The largest absolute Gasteiger partial charge is 0.303 e. The van der Waals surface area contributed by atoms with Crippen molar-refractivity contribution in [1.82, 2.24) is 0 Å². The fourth-order valence-electron chi connectivity index (χ4n) is 0.837. The SMILES string of the molecule is O=CCCSc1cc(Cl)cc(Cl)c1. The van der Waals surface area contributed by atoms with Crippen LogP contribution in [0.4, 0.5) is 0 Å². The van der Waals surface area contributed by atoms with Gasteiger partial charge in [-0.05, 0) is 18.2 Å². The predicted octanol–water partition coefficient (Wildman–Crippen LogP) is 3.67. The second kappa shape index (κ2) is 5.53. The van der Waals surface area contributed by atoms with E-state index >= 15 is 0 Å². The first kappa shape index (κ1) is 10.9. The van der Waals surface area contributed by atoms with Gasteiger partial charge < -0.3 is 4.79 Å². The molecule has 0 heterocycles. The predicted molar refractivity (Wildman–Crippen MR) is 57.9 cm³/mol. The molecule has 1 nitrogen and oxygen atoms in total. The van der Waals surface area contributed by atoms with Gasteiger partial charge in [0.15, 0.2) is 0 Å². The van der Waals surface area contributed by atoms with Crippen molar-refractivity contribution in [2.45, 2.75) is 11.3 Å². The molecule has 0 N–H and O–H groups in total. The topological polar surface area (TPSA) is 17.1 Å². The number of hydrogen-bond donors (Lipinski definition) is 0. The lowest BCUT2D eigenvalue weighted by atomic mass is 10.4. The molecular weight excluding hydrogens is 227 g/mol. The van der Waals surface area contributed by atoms with Gasteiger partial charge in [0, 0.05) is 27.1 Å². The van der Waals surface area contributed by atoms with E-state index in [1.54, 1.807) is 17.8 Å². The third-order valence-electron chi connectivity index (χ3n) is 1.34. The Balaban J connectivity index is 2.60. The minimum absolute atomic E-state index is 0.550. The van der Waals surface area contributed by atoms with Crippen LogP contribution >= 0.6 is 35.0 Å². The minimum atomic E-state index is 0.550. The maximum atomic E-state index is 10.1. The van der Waals surface area contributed by atoms with Gasteiger partial charge in [0.2, 0.25) is 0 Å². The summed E-state index contributed by atoms with van der Waals surface area (Å²) in [6.45, 7) is 0. The normalized spacial score (nSPS) is 10.0. The highest BCUT2D eigenvalue weighted by atomic mass is 35.5. The summed E-state index contributed by atoms with van der Waals surface area (Å²) in [7, 11) is 0. The Morgan fingerprint density at radius 3 is 2.38 bits per heavy atom. The number of aldehydes is 1. The van der Waals surface area contributed by atoms with Crippen molar-refractivity contribution in [3.63, 3.8) is 0 Å². The zero-order chi connectivity index (χ0) is 9.68. The van der Waals surface area contributed by atoms with Crippen molar-refractivity contribution < 1.29 is 4.79 Å². The molecule has 70 valence electrons. The molecule has 0 saturated heterocycles. The maximum absolute atomic E-state index is 10.1. The summed E-state index contributed by atoms with van der Waals surface area (Å²) in [6.07, 6.45) is 1.45. The second-order valence-corrected chi connectivity index (χ2v) is 4.45. The number of hydrogen-bond acceptors (Lipinski definition) is 2. The highest BCUT2D eigenvalue weighted by Crippen LogP contribution is 2.26. The molecular formula is C9H8Cl2OS. The van der Waals surface area contributed by atoms with Gasteiger partial charge in [-0.25, -0.2) is 0 Å². The highest BCUT2D eigenvalue weighted by molar-refractivity contribution is 7.99. The Morgan fingerprint density at radius 1 is 1.23 bits per heavy atom. The van der Waals surface area contributed by atoms with Crippen molar-refractivity contribution >= 4 is 41.2 Å². The van der Waals surface area contributed by atoms with Crippen LogP contribution in [0, 0.1) is 0 Å². The van der Waals surface area contributed by atoms with Gasteiger partial charge in [-0.1, -0.05) is 23.2 Å². The van der Waals surface area contributed by atoms with Crippen LogP contribution in [-0.4, -0.2) is 12.0 Å². The summed E-state index contributed by atoms with van der Waals surface area (Å²) in [4.78, 5) is 11.1. The molecule has 0 saturated carbocycles. The van der Waals surface area contributed by atoms with E-state index in [1.807, 2.05) is 12.1 Å². The molecule has 4 heteroatoms. The Bertz CT molecular complexity index is 281. The van der Waals surface area contributed by atoms with E-state index in [-0.39, 0.29) is 0 Å². The highest BCUT2D eigenvalue weighted by Gasteiger charge is 1.98. The number of thioether (sulfide) groups is 1. The zero-order valence-corrected chi connectivity index (χ0v) is 9.12. The van der Waals surface area contributed by atoms with Crippen molar-refractivity contribution in [3.05, 3.63) is 28.2 Å². The van der Waals surface area contributed by atoms with E-state index in [0.717, 1.165) is 16.9 Å². The molecule has 13 heavy (non-hydrogen) atoms. The standard InChI is InChI=1S/C9H8Cl2OS/c10-7-4-8(11)6-9(5-7)13-3-1-2-12/h2,4-6H,1,3H2. The molecule has 1 rings (SSSR count). The Morgan fingerprint density at radius 2 is 1.85 bits per heavy atom. The number of carbonyl (C=O) groups is 1. The summed E-state index contributed by atoms with van der Waals surface area (Å²) in [6, 6.07) is 5.36. The summed E-state index contributed by atoms with van der Waals surface area (Å²) >= 11 is 13.2. The number of carbonyl (C=O) groups excluding carboxylic acids is 1. The molecule has 0 bridgehead atoms. The summed E-state index contributed by atoms with van der Waals surface area (Å²) < 4.78 is 0. The van der Waals surface area contributed by atoms with E-state index in [0.29, 0.717) is 16.5 Å². The van der Waals surface area contributed by atoms with E-state index < -0.39 is 0 Å². The summed E-state index contributed by atoms with van der Waals surface area (Å²) in [5, 5.41) is 1.25. The first-order chi connectivity index (χ1) is 6.22. The van der Waals surface area contributed by atoms with E-state index in [9.17, 15) is 4.79 Å². The van der Waals surface area contributed by atoms with Gasteiger partial charge in [-0.2, -0.15) is 0 Å². The Labute approximate surface area is 91.4 Å². The van der Waals surface area contributed by atoms with Crippen LogP contribution in [-0.2, 0) is 4.79 Å². The van der Waals surface area contributed by atoms with Gasteiger partial charge in [-0.15, -0.1) is 11.8 Å². The van der Waals surface area contributed by atoms with Crippen molar-refractivity contribution in [1.29, 1.82) is 0 Å². The Hall–Kier alpha value is -0.180. The van der Waals surface area contributed by atoms with Crippen LogP contribution in [0.15, 0.2) is 23.1 Å². The van der Waals surface area contributed by atoms with Gasteiger partial charge in [0.25, 0.3) is 0 Å². The van der Waals surface area contributed by atoms with E-state index in [2.05, 4.69) is 0 Å². The molecule has 0 fully saturated rings. The van der Waals surface area contributed by atoms with Gasteiger partial charge in [0.1, 0.15) is 6.29 Å². The van der Waals surface area contributed by atoms with E-state index in [4.69, 9.17) is 23.2 Å². The molecule has 1 aromatic rings. The lowest BCUT2D eigenvalue weighted by molar-refractivity contribution is -0.107. The Kier molecular flexibility index (Phi) is 4.64. The van der Waals surface area contributed by atoms with Crippen LogP contribution in [0.5, 0.6) is 0 Å². The molecule has 0 aliphatic heterocycles. The quantitative estimate of drug-likeness (QED) is 0.450. The fraction of sp³-hybridized carbons (Fsp3) is 0.222. The molecule has 0 atom stereocenters. The molecule has 0 spiro atoms.